The summed E-state index contributed by atoms with van der Waals surface area (Å²) in [5.41, 5.74) is 2.40. The Labute approximate surface area is 107 Å². The Kier molecular flexibility index (Phi) is 5.44. The molecule has 2 unspecified atom stereocenters. The Morgan fingerprint density at radius 1 is 1.47 bits per heavy atom. The molecule has 1 aromatic rings. The van der Waals surface area contributed by atoms with Crippen molar-refractivity contribution in [3.8, 4) is 0 Å². The maximum Gasteiger partial charge on any atom is 0.239 e. The lowest BCUT2D eigenvalue weighted by molar-refractivity contribution is 0.483. The maximum atomic E-state index is 6.01. The summed E-state index contributed by atoms with van der Waals surface area (Å²) < 4.78 is 0. The van der Waals surface area contributed by atoms with Gasteiger partial charge in [-0.25, -0.2) is 10.8 Å². The molecule has 2 atom stereocenters. The summed E-state index contributed by atoms with van der Waals surface area (Å²) in [6.07, 6.45) is 3.77. The van der Waals surface area contributed by atoms with Crippen molar-refractivity contribution in [1.29, 1.82) is 0 Å². The zero-order chi connectivity index (χ0) is 12.8. The highest BCUT2D eigenvalue weighted by atomic mass is 35.5. The van der Waals surface area contributed by atoms with E-state index in [4.69, 9.17) is 17.4 Å². The fourth-order valence-corrected chi connectivity index (χ4v) is 1.75. The summed E-state index contributed by atoms with van der Waals surface area (Å²) in [4.78, 5) is 8.10. The third-order valence-corrected chi connectivity index (χ3v) is 2.99. The van der Waals surface area contributed by atoms with Crippen molar-refractivity contribution < 1.29 is 0 Å². The van der Waals surface area contributed by atoms with Crippen LogP contribution < -0.4 is 16.6 Å². The first kappa shape index (κ1) is 14.0. The van der Waals surface area contributed by atoms with Crippen LogP contribution in [0.2, 0.25) is 5.02 Å². The lowest BCUT2D eigenvalue weighted by Crippen LogP contribution is -2.20. The molecule has 0 fully saturated rings. The van der Waals surface area contributed by atoms with E-state index in [1.54, 1.807) is 0 Å². The number of halogens is 1. The molecule has 0 amide bonds. The van der Waals surface area contributed by atoms with Crippen LogP contribution >= 0.6 is 11.6 Å². The molecular formula is C11H20ClN5. The summed E-state index contributed by atoms with van der Waals surface area (Å²) in [7, 11) is 0. The molecule has 5 nitrogen and oxygen atoms in total. The van der Waals surface area contributed by atoms with E-state index >= 15 is 0 Å². The van der Waals surface area contributed by atoms with Gasteiger partial charge in [0.1, 0.15) is 5.02 Å². The predicted molar refractivity (Wildman–Crippen MR) is 72.0 cm³/mol. The van der Waals surface area contributed by atoms with Crippen molar-refractivity contribution >= 4 is 23.4 Å². The zero-order valence-electron chi connectivity index (χ0n) is 10.5. The topological polar surface area (TPSA) is 75.9 Å². The van der Waals surface area contributed by atoms with Crippen LogP contribution in [0.15, 0.2) is 6.20 Å². The molecule has 0 aliphatic rings. The number of hydrogen-bond acceptors (Lipinski definition) is 5. The Hall–Kier alpha value is -1.07. The SMILES string of the molecule is CCC(C)CC(C)Nc1nc(NN)ncc1Cl. The van der Waals surface area contributed by atoms with E-state index in [1.807, 2.05) is 0 Å². The normalized spacial score (nSPS) is 14.2. The number of rotatable bonds is 6. The van der Waals surface area contributed by atoms with Gasteiger partial charge in [-0.3, -0.25) is 5.43 Å². The van der Waals surface area contributed by atoms with E-state index < -0.39 is 0 Å². The molecule has 1 aromatic heterocycles. The molecule has 0 bridgehead atoms. The number of nitrogens with zero attached hydrogens (tertiary/aromatic N) is 2. The number of nitrogens with two attached hydrogens (primary N) is 1. The number of anilines is 2. The van der Waals surface area contributed by atoms with Crippen molar-refractivity contribution in [3.63, 3.8) is 0 Å². The van der Waals surface area contributed by atoms with Crippen LogP contribution in [0.5, 0.6) is 0 Å². The van der Waals surface area contributed by atoms with Crippen LogP contribution in [0.4, 0.5) is 11.8 Å². The first-order valence-electron chi connectivity index (χ1n) is 5.82. The molecule has 0 saturated heterocycles. The first-order valence-corrected chi connectivity index (χ1v) is 6.20. The van der Waals surface area contributed by atoms with E-state index in [-0.39, 0.29) is 0 Å². The molecule has 6 heteroatoms. The fourth-order valence-electron chi connectivity index (χ4n) is 1.60. The van der Waals surface area contributed by atoms with Gasteiger partial charge in [0.25, 0.3) is 0 Å². The van der Waals surface area contributed by atoms with Gasteiger partial charge in [-0.15, -0.1) is 0 Å². The Balaban J connectivity index is 2.66. The van der Waals surface area contributed by atoms with Gasteiger partial charge < -0.3 is 5.32 Å². The highest BCUT2D eigenvalue weighted by Gasteiger charge is 2.11. The van der Waals surface area contributed by atoms with Crippen LogP contribution in [0.25, 0.3) is 0 Å². The minimum Gasteiger partial charge on any atom is -0.366 e. The molecule has 0 aliphatic heterocycles. The smallest absolute Gasteiger partial charge is 0.239 e. The lowest BCUT2D eigenvalue weighted by atomic mass is 10.0. The molecule has 0 aliphatic carbocycles. The van der Waals surface area contributed by atoms with Crippen molar-refractivity contribution in [3.05, 3.63) is 11.2 Å². The Morgan fingerprint density at radius 3 is 2.76 bits per heavy atom. The highest BCUT2D eigenvalue weighted by Crippen LogP contribution is 2.21. The second-order valence-electron chi connectivity index (χ2n) is 4.33. The molecule has 1 heterocycles. The van der Waals surface area contributed by atoms with Crippen molar-refractivity contribution in [2.75, 3.05) is 10.7 Å². The second kappa shape index (κ2) is 6.61. The lowest BCUT2D eigenvalue weighted by Gasteiger charge is -2.18. The molecule has 1 rings (SSSR count). The van der Waals surface area contributed by atoms with Gasteiger partial charge in [-0.1, -0.05) is 31.9 Å². The molecule has 0 saturated carbocycles. The summed E-state index contributed by atoms with van der Waals surface area (Å²) in [5, 5.41) is 3.77. The minimum atomic E-state index is 0.308. The highest BCUT2D eigenvalue weighted by molar-refractivity contribution is 6.32. The Morgan fingerprint density at radius 2 is 2.18 bits per heavy atom. The van der Waals surface area contributed by atoms with E-state index in [0.29, 0.717) is 28.7 Å². The van der Waals surface area contributed by atoms with Gasteiger partial charge >= 0.3 is 0 Å². The standard InChI is InChI=1S/C11H20ClN5/c1-4-7(2)5-8(3)15-10-9(12)6-14-11(16-10)17-13/h6-8H,4-5,13H2,1-3H3,(H2,14,15,16,17). The van der Waals surface area contributed by atoms with Gasteiger partial charge in [0.15, 0.2) is 5.82 Å². The second-order valence-corrected chi connectivity index (χ2v) is 4.74. The molecule has 0 aromatic carbocycles. The average Bonchev–Trinajstić information content (AvgIpc) is 2.31. The maximum absolute atomic E-state index is 6.01. The molecule has 0 radical (unpaired) electrons. The summed E-state index contributed by atoms with van der Waals surface area (Å²) in [5.74, 6) is 6.90. The third-order valence-electron chi connectivity index (χ3n) is 2.71. The van der Waals surface area contributed by atoms with E-state index in [1.165, 1.54) is 12.6 Å². The van der Waals surface area contributed by atoms with E-state index in [0.717, 1.165) is 6.42 Å². The Bertz CT molecular complexity index is 358. The van der Waals surface area contributed by atoms with Gasteiger partial charge in [-0.2, -0.15) is 4.98 Å². The van der Waals surface area contributed by atoms with Crippen LogP contribution in [0, 0.1) is 5.92 Å². The molecule has 17 heavy (non-hydrogen) atoms. The fraction of sp³-hybridized carbons (Fsp3) is 0.636. The van der Waals surface area contributed by atoms with Crippen molar-refractivity contribution in [2.24, 2.45) is 11.8 Å². The van der Waals surface area contributed by atoms with Gasteiger partial charge in [0.05, 0.1) is 6.20 Å². The number of nitrogens with one attached hydrogen (secondary N) is 2. The minimum absolute atomic E-state index is 0.308. The molecule has 4 N–H and O–H groups in total. The van der Waals surface area contributed by atoms with Crippen LogP contribution in [0.1, 0.15) is 33.6 Å². The summed E-state index contributed by atoms with van der Waals surface area (Å²) in [6, 6.07) is 0.308. The van der Waals surface area contributed by atoms with Crippen LogP contribution in [-0.2, 0) is 0 Å². The van der Waals surface area contributed by atoms with E-state index in [2.05, 4.69) is 41.5 Å². The van der Waals surface area contributed by atoms with Gasteiger partial charge in [-0.05, 0) is 19.3 Å². The van der Waals surface area contributed by atoms with Crippen LogP contribution in [0.3, 0.4) is 0 Å². The zero-order valence-corrected chi connectivity index (χ0v) is 11.3. The van der Waals surface area contributed by atoms with Gasteiger partial charge in [0.2, 0.25) is 5.95 Å². The van der Waals surface area contributed by atoms with Crippen molar-refractivity contribution in [2.45, 2.75) is 39.7 Å². The monoisotopic (exact) mass is 257 g/mol. The summed E-state index contributed by atoms with van der Waals surface area (Å²) >= 11 is 6.01. The van der Waals surface area contributed by atoms with E-state index in [9.17, 15) is 0 Å². The number of nitrogen functional groups attached to an aromatic ring is 1. The molecular weight excluding hydrogens is 238 g/mol. The molecule has 96 valence electrons. The molecule has 0 spiro atoms. The average molecular weight is 258 g/mol. The summed E-state index contributed by atoms with van der Waals surface area (Å²) in [6.45, 7) is 6.53. The largest absolute Gasteiger partial charge is 0.366 e. The number of hydrogen-bond donors (Lipinski definition) is 3. The predicted octanol–water partition coefficient (Wildman–Crippen LogP) is 2.65. The quantitative estimate of drug-likeness (QED) is 0.540. The van der Waals surface area contributed by atoms with Gasteiger partial charge in [0, 0.05) is 6.04 Å². The van der Waals surface area contributed by atoms with Crippen LogP contribution in [-0.4, -0.2) is 16.0 Å². The van der Waals surface area contributed by atoms with Crippen molar-refractivity contribution in [1.82, 2.24) is 9.97 Å². The third kappa shape index (κ3) is 4.36. The number of hydrazine groups is 1. The number of aromatic nitrogens is 2. The first-order chi connectivity index (χ1) is 8.06.